The van der Waals surface area contributed by atoms with Gasteiger partial charge in [0.15, 0.2) is 0 Å². The minimum Gasteiger partial charge on any atom is -0.349 e. The Bertz CT molecular complexity index is 685. The van der Waals surface area contributed by atoms with E-state index >= 15 is 0 Å². The average Bonchev–Trinajstić information content (AvgIpc) is 3.12. The van der Waals surface area contributed by atoms with Gasteiger partial charge in [-0.1, -0.05) is 12.1 Å². The number of rotatable bonds is 5. The number of amides is 2. The van der Waals surface area contributed by atoms with E-state index in [2.05, 4.69) is 10.4 Å². The van der Waals surface area contributed by atoms with Gasteiger partial charge in [-0.2, -0.15) is 5.10 Å². The Morgan fingerprint density at radius 1 is 1.35 bits per heavy atom. The quantitative estimate of drug-likeness (QED) is 0.893. The first-order valence-corrected chi connectivity index (χ1v) is 7.39. The van der Waals surface area contributed by atoms with Gasteiger partial charge in [-0.25, -0.2) is 4.39 Å². The van der Waals surface area contributed by atoms with Crippen molar-refractivity contribution in [2.75, 3.05) is 6.54 Å². The fraction of sp³-hybridized carbons (Fsp3) is 0.312. The van der Waals surface area contributed by atoms with Crippen LogP contribution in [0.4, 0.5) is 4.39 Å². The van der Waals surface area contributed by atoms with Gasteiger partial charge in [0.25, 0.3) is 0 Å². The van der Waals surface area contributed by atoms with E-state index in [-0.39, 0.29) is 36.6 Å². The molecule has 2 heterocycles. The molecule has 1 atom stereocenters. The molecule has 1 N–H and O–H groups in total. The third-order valence-electron chi connectivity index (χ3n) is 3.73. The minimum atomic E-state index is -0.301. The molecular weight excluding hydrogens is 299 g/mol. The maximum Gasteiger partial charge on any atom is 0.242 e. The first-order valence-electron chi connectivity index (χ1n) is 7.39. The summed E-state index contributed by atoms with van der Waals surface area (Å²) in [5.41, 5.74) is 0.864. The van der Waals surface area contributed by atoms with Gasteiger partial charge in [0.05, 0.1) is 6.04 Å². The van der Waals surface area contributed by atoms with Gasteiger partial charge in [0, 0.05) is 31.9 Å². The van der Waals surface area contributed by atoms with Crippen molar-refractivity contribution in [2.45, 2.75) is 25.6 Å². The molecule has 120 valence electrons. The molecule has 1 aromatic carbocycles. The van der Waals surface area contributed by atoms with E-state index in [4.69, 9.17) is 0 Å². The molecule has 1 aliphatic heterocycles. The highest BCUT2D eigenvalue weighted by Crippen LogP contribution is 2.15. The molecule has 0 unspecified atom stereocenters. The van der Waals surface area contributed by atoms with Crippen LogP contribution >= 0.6 is 0 Å². The zero-order chi connectivity index (χ0) is 16.2. The molecule has 2 amide bonds. The smallest absolute Gasteiger partial charge is 0.242 e. The SMILES string of the molecule is O=C(Cn1cccn1)N[C@@H]1CC(=O)N(Cc2ccc(F)cc2)C1. The molecule has 1 saturated heterocycles. The molecule has 0 bridgehead atoms. The van der Waals surface area contributed by atoms with Crippen LogP contribution in [0.5, 0.6) is 0 Å². The Morgan fingerprint density at radius 2 is 2.13 bits per heavy atom. The summed E-state index contributed by atoms with van der Waals surface area (Å²) in [6, 6.07) is 7.61. The number of carbonyl (C=O) groups excluding carboxylic acids is 2. The zero-order valence-electron chi connectivity index (χ0n) is 12.5. The van der Waals surface area contributed by atoms with Crippen molar-refractivity contribution in [3.8, 4) is 0 Å². The van der Waals surface area contributed by atoms with Crippen LogP contribution in [0, 0.1) is 5.82 Å². The standard InChI is InChI=1S/C16H17FN4O2/c17-13-4-2-12(3-5-13)9-20-10-14(8-16(20)23)19-15(22)11-21-7-1-6-18-21/h1-7,14H,8-11H2,(H,19,22)/t14-/m1/s1. The molecular formula is C16H17FN4O2. The van der Waals surface area contributed by atoms with Crippen LogP contribution < -0.4 is 5.32 Å². The van der Waals surface area contributed by atoms with Crippen LogP contribution in [0.25, 0.3) is 0 Å². The number of nitrogens with zero attached hydrogens (tertiary/aromatic N) is 3. The number of likely N-dealkylation sites (tertiary alicyclic amines) is 1. The molecule has 1 fully saturated rings. The summed E-state index contributed by atoms with van der Waals surface area (Å²) in [6.07, 6.45) is 3.60. The summed E-state index contributed by atoms with van der Waals surface area (Å²) in [7, 11) is 0. The second-order valence-corrected chi connectivity index (χ2v) is 5.57. The molecule has 3 rings (SSSR count). The number of benzene rings is 1. The van der Waals surface area contributed by atoms with Gasteiger partial charge in [0.1, 0.15) is 12.4 Å². The van der Waals surface area contributed by atoms with Crippen molar-refractivity contribution in [2.24, 2.45) is 0 Å². The molecule has 2 aromatic rings. The molecule has 6 nitrogen and oxygen atoms in total. The molecule has 1 aliphatic rings. The van der Waals surface area contributed by atoms with Gasteiger partial charge in [-0.15, -0.1) is 0 Å². The van der Waals surface area contributed by atoms with Crippen LogP contribution in [0.2, 0.25) is 0 Å². The number of aromatic nitrogens is 2. The maximum atomic E-state index is 12.9. The lowest BCUT2D eigenvalue weighted by atomic mass is 10.2. The van der Waals surface area contributed by atoms with Gasteiger partial charge < -0.3 is 10.2 Å². The van der Waals surface area contributed by atoms with Crippen molar-refractivity contribution in [1.29, 1.82) is 0 Å². The van der Waals surface area contributed by atoms with Crippen LogP contribution in [0.15, 0.2) is 42.7 Å². The van der Waals surface area contributed by atoms with Crippen LogP contribution in [0.1, 0.15) is 12.0 Å². The predicted molar refractivity (Wildman–Crippen MR) is 80.6 cm³/mol. The molecule has 1 aromatic heterocycles. The first-order chi connectivity index (χ1) is 11.1. The van der Waals surface area contributed by atoms with Crippen molar-refractivity contribution in [1.82, 2.24) is 20.0 Å². The summed E-state index contributed by atoms with van der Waals surface area (Å²) < 4.78 is 14.4. The molecule has 0 aliphatic carbocycles. The Hall–Kier alpha value is -2.70. The highest BCUT2D eigenvalue weighted by Gasteiger charge is 2.30. The van der Waals surface area contributed by atoms with Crippen molar-refractivity contribution in [3.05, 3.63) is 54.1 Å². The summed E-state index contributed by atoms with van der Waals surface area (Å²) in [5.74, 6) is -0.487. The number of carbonyl (C=O) groups is 2. The topological polar surface area (TPSA) is 67.2 Å². The number of hydrogen-bond donors (Lipinski definition) is 1. The lowest BCUT2D eigenvalue weighted by molar-refractivity contribution is -0.128. The van der Waals surface area contributed by atoms with Gasteiger partial charge in [-0.3, -0.25) is 14.3 Å². The molecule has 0 saturated carbocycles. The summed E-state index contributed by atoms with van der Waals surface area (Å²) in [6.45, 7) is 1.02. The Kier molecular flexibility index (Phi) is 4.36. The van der Waals surface area contributed by atoms with E-state index in [1.807, 2.05) is 0 Å². The summed E-state index contributed by atoms with van der Waals surface area (Å²) in [5, 5.41) is 6.82. The van der Waals surface area contributed by atoms with Gasteiger partial charge in [0.2, 0.25) is 11.8 Å². The number of halogens is 1. The highest BCUT2D eigenvalue weighted by molar-refractivity contribution is 5.82. The Labute approximate surface area is 132 Å². The van der Waals surface area contributed by atoms with E-state index in [0.29, 0.717) is 13.1 Å². The fourth-order valence-electron chi connectivity index (χ4n) is 2.65. The fourth-order valence-corrected chi connectivity index (χ4v) is 2.65. The normalized spacial score (nSPS) is 17.5. The van der Waals surface area contributed by atoms with Crippen molar-refractivity contribution in [3.63, 3.8) is 0 Å². The van der Waals surface area contributed by atoms with Crippen molar-refractivity contribution < 1.29 is 14.0 Å². The van der Waals surface area contributed by atoms with Crippen LogP contribution in [-0.2, 0) is 22.7 Å². The predicted octanol–water partition coefficient (Wildman–Crippen LogP) is 0.939. The Balaban J connectivity index is 1.52. The third-order valence-corrected chi connectivity index (χ3v) is 3.73. The van der Waals surface area contributed by atoms with E-state index in [0.717, 1.165) is 5.56 Å². The largest absolute Gasteiger partial charge is 0.349 e. The van der Waals surface area contributed by atoms with Crippen molar-refractivity contribution >= 4 is 11.8 Å². The molecule has 0 radical (unpaired) electrons. The molecule has 23 heavy (non-hydrogen) atoms. The molecule has 0 spiro atoms. The van der Waals surface area contributed by atoms with E-state index in [1.54, 1.807) is 35.5 Å². The Morgan fingerprint density at radius 3 is 2.83 bits per heavy atom. The third kappa shape index (κ3) is 3.94. The average molecular weight is 316 g/mol. The van der Waals surface area contributed by atoms with Gasteiger partial charge >= 0.3 is 0 Å². The van der Waals surface area contributed by atoms with Gasteiger partial charge in [-0.05, 0) is 23.8 Å². The maximum absolute atomic E-state index is 12.9. The van der Waals surface area contributed by atoms with Crippen LogP contribution in [0.3, 0.4) is 0 Å². The zero-order valence-corrected chi connectivity index (χ0v) is 12.5. The first kappa shape index (κ1) is 15.2. The number of nitrogens with one attached hydrogen (secondary N) is 1. The van der Waals surface area contributed by atoms with E-state index in [1.165, 1.54) is 16.8 Å². The second kappa shape index (κ2) is 6.60. The monoisotopic (exact) mass is 316 g/mol. The van der Waals surface area contributed by atoms with E-state index < -0.39 is 0 Å². The molecule has 7 heteroatoms. The lowest BCUT2D eigenvalue weighted by Gasteiger charge is -2.17. The second-order valence-electron chi connectivity index (χ2n) is 5.57. The van der Waals surface area contributed by atoms with E-state index in [9.17, 15) is 14.0 Å². The number of hydrogen-bond acceptors (Lipinski definition) is 3. The van der Waals surface area contributed by atoms with Crippen LogP contribution in [-0.4, -0.2) is 39.1 Å². The lowest BCUT2D eigenvalue weighted by Crippen LogP contribution is -2.38. The highest BCUT2D eigenvalue weighted by atomic mass is 19.1. The minimum absolute atomic E-state index is 0.0151. The summed E-state index contributed by atoms with van der Waals surface area (Å²) in [4.78, 5) is 25.6. The summed E-state index contributed by atoms with van der Waals surface area (Å²) >= 11 is 0.